The summed E-state index contributed by atoms with van der Waals surface area (Å²) in [6.07, 6.45) is 3.77. The summed E-state index contributed by atoms with van der Waals surface area (Å²) in [7, 11) is 1.56. The van der Waals surface area contributed by atoms with Crippen molar-refractivity contribution in [1.82, 2.24) is 15.2 Å². The lowest BCUT2D eigenvalue weighted by atomic mass is 10.1. The highest BCUT2D eigenvalue weighted by Crippen LogP contribution is 2.21. The molecule has 2 amide bonds. The van der Waals surface area contributed by atoms with E-state index in [-0.39, 0.29) is 6.03 Å². The molecule has 0 saturated carbocycles. The molecule has 1 aliphatic rings. The average Bonchev–Trinajstić information content (AvgIpc) is 3.10. The fourth-order valence-electron chi connectivity index (χ4n) is 3.27. The van der Waals surface area contributed by atoms with E-state index in [9.17, 15) is 4.79 Å². The molecule has 6 heteroatoms. The van der Waals surface area contributed by atoms with Crippen molar-refractivity contribution in [2.75, 3.05) is 32.1 Å². The van der Waals surface area contributed by atoms with Crippen LogP contribution in [-0.4, -0.2) is 42.7 Å². The number of benzene rings is 1. The molecule has 1 fully saturated rings. The van der Waals surface area contributed by atoms with E-state index in [1.54, 1.807) is 25.4 Å². The Morgan fingerprint density at radius 3 is 2.85 bits per heavy atom. The van der Waals surface area contributed by atoms with Crippen molar-refractivity contribution in [2.45, 2.75) is 19.4 Å². The monoisotopic (exact) mass is 354 g/mol. The van der Waals surface area contributed by atoms with Gasteiger partial charge in [0.1, 0.15) is 0 Å². The van der Waals surface area contributed by atoms with Crippen LogP contribution in [0, 0.1) is 5.92 Å². The maximum atomic E-state index is 12.0. The highest BCUT2D eigenvalue weighted by molar-refractivity contribution is 5.88. The van der Waals surface area contributed by atoms with Crippen LogP contribution in [0.3, 0.4) is 0 Å². The number of nitrogens with one attached hydrogen (secondary N) is 2. The van der Waals surface area contributed by atoms with Crippen LogP contribution in [0.25, 0.3) is 0 Å². The number of hydrogen-bond acceptors (Lipinski definition) is 4. The van der Waals surface area contributed by atoms with Gasteiger partial charge in [-0.1, -0.05) is 30.3 Å². The quantitative estimate of drug-likeness (QED) is 0.802. The molecule has 0 aliphatic carbocycles. The number of ether oxygens (including phenoxy) is 1. The Morgan fingerprint density at radius 2 is 2.12 bits per heavy atom. The lowest BCUT2D eigenvalue weighted by Crippen LogP contribution is -2.31. The number of rotatable bonds is 7. The first-order valence-corrected chi connectivity index (χ1v) is 9.04. The smallest absolute Gasteiger partial charge is 0.319 e. The number of carbonyl (C=O) groups is 1. The lowest BCUT2D eigenvalue weighted by Gasteiger charge is -2.16. The van der Waals surface area contributed by atoms with E-state index in [2.05, 4.69) is 50.8 Å². The first-order valence-electron chi connectivity index (χ1n) is 9.04. The number of nitrogens with zero attached hydrogens (tertiary/aromatic N) is 2. The Balaban J connectivity index is 1.33. The van der Waals surface area contributed by atoms with Gasteiger partial charge in [-0.2, -0.15) is 0 Å². The third-order valence-corrected chi connectivity index (χ3v) is 4.66. The van der Waals surface area contributed by atoms with Crippen molar-refractivity contribution >= 4 is 11.7 Å². The van der Waals surface area contributed by atoms with Gasteiger partial charge in [-0.25, -0.2) is 9.78 Å². The number of amides is 2. The number of carbonyl (C=O) groups excluding carboxylic acids is 1. The van der Waals surface area contributed by atoms with Crippen LogP contribution in [-0.2, 0) is 6.54 Å². The van der Waals surface area contributed by atoms with Crippen LogP contribution in [0.15, 0.2) is 48.7 Å². The van der Waals surface area contributed by atoms with E-state index in [1.165, 1.54) is 12.0 Å². The maximum Gasteiger partial charge on any atom is 0.319 e. The fourth-order valence-corrected chi connectivity index (χ4v) is 3.27. The van der Waals surface area contributed by atoms with E-state index in [4.69, 9.17) is 4.74 Å². The molecular weight excluding hydrogens is 328 g/mol. The van der Waals surface area contributed by atoms with Crippen LogP contribution in [0.5, 0.6) is 5.88 Å². The van der Waals surface area contributed by atoms with Gasteiger partial charge in [0.05, 0.1) is 19.0 Å². The molecule has 138 valence electrons. The number of hydrogen-bond donors (Lipinski definition) is 2. The molecular formula is C20H26N4O2. The van der Waals surface area contributed by atoms with E-state index in [0.717, 1.165) is 26.1 Å². The minimum absolute atomic E-state index is 0.198. The molecule has 3 rings (SSSR count). The number of aromatic nitrogens is 1. The molecule has 1 aromatic heterocycles. The van der Waals surface area contributed by atoms with E-state index >= 15 is 0 Å². The summed E-state index contributed by atoms with van der Waals surface area (Å²) in [6.45, 7) is 3.92. The van der Waals surface area contributed by atoms with Crippen LogP contribution in [0.2, 0.25) is 0 Å². The van der Waals surface area contributed by atoms with Crippen LogP contribution in [0.4, 0.5) is 10.5 Å². The van der Waals surface area contributed by atoms with Gasteiger partial charge in [0.2, 0.25) is 5.88 Å². The minimum Gasteiger partial charge on any atom is -0.481 e. The molecule has 6 nitrogen and oxygen atoms in total. The third kappa shape index (κ3) is 5.46. The van der Waals surface area contributed by atoms with Gasteiger partial charge in [-0.3, -0.25) is 4.90 Å². The molecule has 0 radical (unpaired) electrons. The second kappa shape index (κ2) is 9.20. The van der Waals surface area contributed by atoms with E-state index < -0.39 is 0 Å². The van der Waals surface area contributed by atoms with Crippen molar-refractivity contribution in [3.05, 3.63) is 54.2 Å². The number of likely N-dealkylation sites (tertiary alicyclic amines) is 1. The zero-order chi connectivity index (χ0) is 18.2. The van der Waals surface area contributed by atoms with Crippen molar-refractivity contribution < 1.29 is 9.53 Å². The highest BCUT2D eigenvalue weighted by Gasteiger charge is 2.22. The number of pyridine rings is 1. The summed E-state index contributed by atoms with van der Waals surface area (Å²) in [5.74, 6) is 1.17. The SMILES string of the molecule is COc1ccc(NC(=O)NCCC2CCN(Cc3ccccc3)C2)cn1. The van der Waals surface area contributed by atoms with Crippen LogP contribution < -0.4 is 15.4 Å². The van der Waals surface area contributed by atoms with Gasteiger partial charge in [0.25, 0.3) is 0 Å². The first kappa shape index (κ1) is 18.2. The van der Waals surface area contributed by atoms with E-state index in [0.29, 0.717) is 24.0 Å². The third-order valence-electron chi connectivity index (χ3n) is 4.66. The Bertz CT molecular complexity index is 691. The number of methoxy groups -OCH3 is 1. The largest absolute Gasteiger partial charge is 0.481 e. The molecule has 2 aromatic rings. The number of urea groups is 1. The van der Waals surface area contributed by atoms with E-state index in [1.807, 2.05) is 0 Å². The zero-order valence-electron chi connectivity index (χ0n) is 15.1. The van der Waals surface area contributed by atoms with Crippen molar-refractivity contribution in [1.29, 1.82) is 0 Å². The minimum atomic E-state index is -0.198. The van der Waals surface area contributed by atoms with Gasteiger partial charge in [-0.05, 0) is 36.9 Å². The second-order valence-electron chi connectivity index (χ2n) is 6.63. The Hall–Kier alpha value is -2.60. The summed E-state index contributed by atoms with van der Waals surface area (Å²) in [5, 5.41) is 5.71. The molecule has 1 aromatic carbocycles. The van der Waals surface area contributed by atoms with Crippen molar-refractivity contribution in [3.8, 4) is 5.88 Å². The molecule has 1 unspecified atom stereocenters. The molecule has 1 atom stereocenters. The average molecular weight is 354 g/mol. The highest BCUT2D eigenvalue weighted by atomic mass is 16.5. The molecule has 1 saturated heterocycles. The first-order chi connectivity index (χ1) is 12.7. The summed E-state index contributed by atoms with van der Waals surface area (Å²) in [4.78, 5) is 18.5. The normalized spacial score (nSPS) is 17.0. The zero-order valence-corrected chi connectivity index (χ0v) is 15.1. The Labute approximate surface area is 154 Å². The van der Waals surface area contributed by atoms with Gasteiger partial charge >= 0.3 is 6.03 Å². The van der Waals surface area contributed by atoms with Gasteiger partial charge in [-0.15, -0.1) is 0 Å². The summed E-state index contributed by atoms with van der Waals surface area (Å²) in [5.41, 5.74) is 2.01. The summed E-state index contributed by atoms with van der Waals surface area (Å²) < 4.78 is 5.00. The van der Waals surface area contributed by atoms with Crippen molar-refractivity contribution in [2.24, 2.45) is 5.92 Å². The molecule has 1 aliphatic heterocycles. The molecule has 26 heavy (non-hydrogen) atoms. The summed E-state index contributed by atoms with van der Waals surface area (Å²) >= 11 is 0. The van der Waals surface area contributed by atoms with Gasteiger partial charge in [0, 0.05) is 25.7 Å². The molecule has 0 spiro atoms. The van der Waals surface area contributed by atoms with Gasteiger partial charge in [0.15, 0.2) is 0 Å². The topological polar surface area (TPSA) is 66.5 Å². The standard InChI is InChI=1S/C20H26N4O2/c1-26-19-8-7-18(13-22-19)23-20(25)21-11-9-17-10-12-24(15-17)14-16-5-3-2-4-6-16/h2-8,13,17H,9-12,14-15H2,1H3,(H2,21,23,25). The predicted octanol–water partition coefficient (Wildman–Crippen LogP) is 3.12. The Morgan fingerprint density at radius 1 is 1.27 bits per heavy atom. The van der Waals surface area contributed by atoms with Gasteiger partial charge < -0.3 is 15.4 Å². The van der Waals surface area contributed by atoms with Crippen LogP contribution >= 0.6 is 0 Å². The predicted molar refractivity (Wildman–Crippen MR) is 102 cm³/mol. The number of anilines is 1. The molecule has 2 heterocycles. The lowest BCUT2D eigenvalue weighted by molar-refractivity contribution is 0.251. The Kier molecular flexibility index (Phi) is 6.44. The molecule has 2 N–H and O–H groups in total. The summed E-state index contributed by atoms with van der Waals surface area (Å²) in [6, 6.07) is 13.9. The second-order valence-corrected chi connectivity index (χ2v) is 6.63. The maximum absolute atomic E-state index is 12.0. The van der Waals surface area contributed by atoms with Crippen molar-refractivity contribution in [3.63, 3.8) is 0 Å². The fraction of sp³-hybridized carbons (Fsp3) is 0.400. The van der Waals surface area contributed by atoms with Crippen LogP contribution in [0.1, 0.15) is 18.4 Å². The molecule has 0 bridgehead atoms.